The summed E-state index contributed by atoms with van der Waals surface area (Å²) in [6.07, 6.45) is 1.92. The number of nitrogens with zero attached hydrogens (tertiary/aromatic N) is 3. The van der Waals surface area contributed by atoms with E-state index in [2.05, 4.69) is 25.8 Å². The molecule has 1 aliphatic heterocycles. The number of amides is 1. The van der Waals surface area contributed by atoms with Gasteiger partial charge in [-0.2, -0.15) is 5.10 Å². The first-order valence-electron chi connectivity index (χ1n) is 7.15. The summed E-state index contributed by atoms with van der Waals surface area (Å²) in [7, 11) is 0. The van der Waals surface area contributed by atoms with Crippen molar-refractivity contribution in [2.45, 2.75) is 13.3 Å². The van der Waals surface area contributed by atoms with Crippen LogP contribution in [0.25, 0.3) is 10.9 Å². The Hall–Kier alpha value is -2.54. The Kier molecular flexibility index (Phi) is 3.97. The van der Waals surface area contributed by atoms with Gasteiger partial charge in [0, 0.05) is 29.8 Å². The molecule has 114 valence electrons. The van der Waals surface area contributed by atoms with Crippen LogP contribution < -0.4 is 10.7 Å². The summed E-state index contributed by atoms with van der Waals surface area (Å²) in [4.78, 5) is 19.8. The van der Waals surface area contributed by atoms with E-state index in [0.717, 1.165) is 22.2 Å². The summed E-state index contributed by atoms with van der Waals surface area (Å²) >= 11 is 0. The van der Waals surface area contributed by atoms with Crippen LogP contribution in [-0.2, 0) is 4.79 Å². The van der Waals surface area contributed by atoms with Crippen LogP contribution in [0.4, 0.5) is 5.82 Å². The third kappa shape index (κ3) is 2.75. The molecule has 7 heteroatoms. The molecule has 2 heterocycles. The first kappa shape index (κ1) is 14.4. The molecule has 0 saturated carbocycles. The van der Waals surface area contributed by atoms with Crippen LogP contribution in [0.15, 0.2) is 29.6 Å². The zero-order valence-electron chi connectivity index (χ0n) is 12.2. The van der Waals surface area contributed by atoms with Gasteiger partial charge < -0.3 is 10.4 Å². The SMILES string of the molecule is CC1CC(=O)NN=C1c1ccc2c(NCCO)ncnc2c1. The number of benzene rings is 1. The number of anilines is 1. The Balaban J connectivity index is 1.98. The minimum atomic E-state index is -0.0603. The van der Waals surface area contributed by atoms with Crippen LogP contribution >= 0.6 is 0 Å². The maximum absolute atomic E-state index is 11.3. The number of aliphatic hydroxyl groups excluding tert-OH is 1. The van der Waals surface area contributed by atoms with Gasteiger partial charge in [-0.25, -0.2) is 15.4 Å². The van der Waals surface area contributed by atoms with Gasteiger partial charge in [0.2, 0.25) is 5.91 Å². The number of hydrazone groups is 1. The second-order valence-corrected chi connectivity index (χ2v) is 5.24. The van der Waals surface area contributed by atoms with E-state index in [1.165, 1.54) is 6.33 Å². The van der Waals surface area contributed by atoms with E-state index in [1.807, 2.05) is 25.1 Å². The molecular formula is C15H17N5O2. The molecule has 2 aromatic rings. The second-order valence-electron chi connectivity index (χ2n) is 5.24. The molecule has 1 amide bonds. The molecule has 1 atom stereocenters. The van der Waals surface area contributed by atoms with Crippen molar-refractivity contribution in [2.75, 3.05) is 18.5 Å². The largest absolute Gasteiger partial charge is 0.395 e. The van der Waals surface area contributed by atoms with Crippen molar-refractivity contribution in [1.82, 2.24) is 15.4 Å². The maximum Gasteiger partial charge on any atom is 0.240 e. The standard InChI is InChI=1S/C15H17N5O2/c1-9-6-13(22)19-20-14(9)10-2-3-11-12(7-10)17-8-18-15(11)16-4-5-21/h2-3,7-9,21H,4-6H2,1H3,(H,19,22)(H,16,17,18). The van der Waals surface area contributed by atoms with Gasteiger partial charge in [0.25, 0.3) is 0 Å². The predicted molar refractivity (Wildman–Crippen MR) is 83.6 cm³/mol. The molecule has 0 fully saturated rings. The Morgan fingerprint density at radius 3 is 3.05 bits per heavy atom. The van der Waals surface area contributed by atoms with Crippen LogP contribution in [0.5, 0.6) is 0 Å². The third-order valence-corrected chi connectivity index (χ3v) is 3.60. The quantitative estimate of drug-likeness (QED) is 0.778. The lowest BCUT2D eigenvalue weighted by Gasteiger charge is -2.19. The van der Waals surface area contributed by atoms with Gasteiger partial charge in [-0.15, -0.1) is 0 Å². The van der Waals surface area contributed by atoms with E-state index in [9.17, 15) is 4.79 Å². The Morgan fingerprint density at radius 1 is 1.41 bits per heavy atom. The average Bonchev–Trinajstić information content (AvgIpc) is 2.52. The van der Waals surface area contributed by atoms with E-state index >= 15 is 0 Å². The normalized spacial score (nSPS) is 18.0. The first-order valence-corrected chi connectivity index (χ1v) is 7.15. The van der Waals surface area contributed by atoms with E-state index in [1.54, 1.807) is 0 Å². The van der Waals surface area contributed by atoms with Crippen molar-refractivity contribution in [2.24, 2.45) is 11.0 Å². The molecule has 0 bridgehead atoms. The van der Waals surface area contributed by atoms with E-state index in [4.69, 9.17) is 5.11 Å². The molecule has 0 aliphatic carbocycles. The molecule has 1 aromatic heterocycles. The van der Waals surface area contributed by atoms with Gasteiger partial charge in [-0.05, 0) is 12.1 Å². The van der Waals surface area contributed by atoms with E-state index in [-0.39, 0.29) is 18.4 Å². The molecule has 1 aromatic carbocycles. The van der Waals surface area contributed by atoms with Crippen molar-refractivity contribution in [1.29, 1.82) is 0 Å². The summed E-state index contributed by atoms with van der Waals surface area (Å²) in [5, 5.41) is 17.0. The van der Waals surface area contributed by atoms with E-state index < -0.39 is 0 Å². The molecule has 3 rings (SSSR count). The number of aromatic nitrogens is 2. The highest BCUT2D eigenvalue weighted by Gasteiger charge is 2.21. The van der Waals surface area contributed by atoms with Crippen molar-refractivity contribution in [3.63, 3.8) is 0 Å². The number of fused-ring (bicyclic) bond motifs is 1. The Labute approximate surface area is 127 Å². The molecule has 1 unspecified atom stereocenters. The lowest BCUT2D eigenvalue weighted by Crippen LogP contribution is -2.31. The van der Waals surface area contributed by atoms with Gasteiger partial charge >= 0.3 is 0 Å². The second kappa shape index (κ2) is 6.07. The highest BCUT2D eigenvalue weighted by atomic mass is 16.3. The number of nitrogens with one attached hydrogen (secondary N) is 2. The fraction of sp³-hybridized carbons (Fsp3) is 0.333. The number of aliphatic hydroxyl groups is 1. The molecule has 22 heavy (non-hydrogen) atoms. The van der Waals surface area contributed by atoms with Crippen LogP contribution in [0, 0.1) is 5.92 Å². The third-order valence-electron chi connectivity index (χ3n) is 3.60. The van der Waals surface area contributed by atoms with Crippen LogP contribution in [-0.4, -0.2) is 39.8 Å². The summed E-state index contributed by atoms with van der Waals surface area (Å²) in [5.74, 6) is 0.701. The fourth-order valence-corrected chi connectivity index (χ4v) is 2.53. The van der Waals surface area contributed by atoms with Crippen LogP contribution in [0.3, 0.4) is 0 Å². The molecule has 0 spiro atoms. The highest BCUT2D eigenvalue weighted by Crippen LogP contribution is 2.23. The summed E-state index contributed by atoms with van der Waals surface area (Å²) in [6.45, 7) is 2.46. The molecule has 3 N–H and O–H groups in total. The van der Waals surface area contributed by atoms with Crippen molar-refractivity contribution in [3.8, 4) is 0 Å². The van der Waals surface area contributed by atoms with Gasteiger partial charge in [-0.3, -0.25) is 4.79 Å². The molecular weight excluding hydrogens is 282 g/mol. The molecule has 0 saturated heterocycles. The highest BCUT2D eigenvalue weighted by molar-refractivity contribution is 6.07. The minimum Gasteiger partial charge on any atom is -0.395 e. The van der Waals surface area contributed by atoms with Gasteiger partial charge in [0.05, 0.1) is 17.8 Å². The van der Waals surface area contributed by atoms with Gasteiger partial charge in [0.15, 0.2) is 0 Å². The predicted octanol–water partition coefficient (Wildman–Crippen LogP) is 0.894. The summed E-state index contributed by atoms with van der Waals surface area (Å²) in [6, 6.07) is 5.81. The van der Waals surface area contributed by atoms with Crippen molar-refractivity contribution < 1.29 is 9.90 Å². The fourth-order valence-electron chi connectivity index (χ4n) is 2.53. The minimum absolute atomic E-state index is 0.0393. The number of hydrogen-bond donors (Lipinski definition) is 3. The topological polar surface area (TPSA) is 99.5 Å². The number of carbonyl (C=O) groups excluding carboxylic acids is 1. The number of hydrogen-bond acceptors (Lipinski definition) is 6. The maximum atomic E-state index is 11.3. The number of rotatable bonds is 4. The van der Waals surface area contributed by atoms with Crippen LogP contribution in [0.1, 0.15) is 18.9 Å². The number of carbonyl (C=O) groups is 1. The van der Waals surface area contributed by atoms with Crippen molar-refractivity contribution in [3.05, 3.63) is 30.1 Å². The lowest BCUT2D eigenvalue weighted by molar-refractivity contribution is -0.121. The molecule has 1 aliphatic rings. The summed E-state index contributed by atoms with van der Waals surface area (Å²) < 4.78 is 0. The Bertz CT molecular complexity index is 744. The lowest BCUT2D eigenvalue weighted by atomic mass is 9.93. The van der Waals surface area contributed by atoms with Gasteiger partial charge in [0.1, 0.15) is 12.1 Å². The van der Waals surface area contributed by atoms with Gasteiger partial charge in [-0.1, -0.05) is 13.0 Å². The van der Waals surface area contributed by atoms with E-state index in [0.29, 0.717) is 18.8 Å². The van der Waals surface area contributed by atoms with Crippen LogP contribution in [0.2, 0.25) is 0 Å². The average molecular weight is 299 g/mol. The summed E-state index contributed by atoms with van der Waals surface area (Å²) in [5.41, 5.74) is 5.10. The Morgan fingerprint density at radius 2 is 2.27 bits per heavy atom. The zero-order chi connectivity index (χ0) is 15.5. The first-order chi connectivity index (χ1) is 10.7. The molecule has 0 radical (unpaired) electrons. The van der Waals surface area contributed by atoms with Crippen molar-refractivity contribution >= 4 is 28.3 Å². The monoisotopic (exact) mass is 299 g/mol. The smallest absolute Gasteiger partial charge is 0.240 e. The molecule has 7 nitrogen and oxygen atoms in total. The zero-order valence-corrected chi connectivity index (χ0v) is 12.2.